The number of nitrogens with zero attached hydrogens (tertiary/aromatic N) is 2. The van der Waals surface area contributed by atoms with E-state index in [1.165, 1.54) is 0 Å². The first kappa shape index (κ1) is 16.9. The quantitative estimate of drug-likeness (QED) is 0.801. The Hall–Kier alpha value is -1.51. The second-order valence-electron chi connectivity index (χ2n) is 6.78. The second kappa shape index (κ2) is 7.01. The van der Waals surface area contributed by atoms with Crippen LogP contribution in [0.2, 0.25) is 0 Å². The Kier molecular flexibility index (Phi) is 4.75. The fourth-order valence-electron chi connectivity index (χ4n) is 4.02. The molecule has 6 nitrogen and oxygen atoms in total. The summed E-state index contributed by atoms with van der Waals surface area (Å²) in [5, 5.41) is 12.4. The third-order valence-corrected chi connectivity index (χ3v) is 6.48. The lowest BCUT2D eigenvalue weighted by atomic mass is 9.81. The van der Waals surface area contributed by atoms with Crippen LogP contribution in [0.3, 0.4) is 0 Å². The molecule has 2 fully saturated rings. The zero-order valence-electron chi connectivity index (χ0n) is 14.1. The molecular formula is C17H22N4O2S2. The summed E-state index contributed by atoms with van der Waals surface area (Å²) < 4.78 is 8.08. The Labute approximate surface area is 155 Å². The van der Waals surface area contributed by atoms with Crippen molar-refractivity contribution in [2.75, 3.05) is 6.61 Å². The number of ether oxygens (including phenoxy) is 1. The van der Waals surface area contributed by atoms with E-state index in [-0.39, 0.29) is 11.9 Å². The van der Waals surface area contributed by atoms with Crippen molar-refractivity contribution in [2.45, 2.75) is 50.8 Å². The minimum absolute atomic E-state index is 0.00661. The maximum Gasteiger partial charge on any atom is 0.243 e. The highest BCUT2D eigenvalue weighted by atomic mass is 32.1. The molecule has 0 aromatic carbocycles. The Morgan fingerprint density at radius 3 is 3.20 bits per heavy atom. The van der Waals surface area contributed by atoms with Crippen molar-refractivity contribution in [1.82, 2.24) is 20.1 Å². The molecule has 0 spiro atoms. The second-order valence-corrected chi connectivity index (χ2v) is 8.12. The molecule has 0 radical (unpaired) electrons. The maximum atomic E-state index is 12.9. The third kappa shape index (κ3) is 3.18. The summed E-state index contributed by atoms with van der Waals surface area (Å²) in [4.78, 5) is 13.9. The van der Waals surface area contributed by atoms with Crippen LogP contribution in [0.1, 0.15) is 38.6 Å². The van der Waals surface area contributed by atoms with Crippen molar-refractivity contribution in [2.24, 2.45) is 5.92 Å². The van der Waals surface area contributed by atoms with Crippen LogP contribution in [0, 0.1) is 10.7 Å². The number of fused-ring (bicyclic) bond motifs is 1. The van der Waals surface area contributed by atoms with Gasteiger partial charge in [0.05, 0.1) is 11.0 Å². The van der Waals surface area contributed by atoms with Crippen molar-refractivity contribution >= 4 is 29.5 Å². The first-order chi connectivity index (χ1) is 12.1. The van der Waals surface area contributed by atoms with E-state index in [2.05, 4.69) is 15.5 Å². The van der Waals surface area contributed by atoms with Crippen LogP contribution < -0.4 is 5.32 Å². The molecule has 8 heteroatoms. The molecule has 2 N–H and O–H groups in total. The minimum Gasteiger partial charge on any atom is -0.378 e. The Morgan fingerprint density at radius 1 is 1.52 bits per heavy atom. The average molecular weight is 379 g/mol. The van der Waals surface area contributed by atoms with Crippen molar-refractivity contribution in [3.05, 3.63) is 22.3 Å². The number of hydrogen-bond acceptors (Lipinski definition) is 5. The number of amides is 1. The molecule has 1 aliphatic carbocycles. The van der Waals surface area contributed by atoms with Crippen LogP contribution in [-0.2, 0) is 9.53 Å². The lowest BCUT2D eigenvalue weighted by molar-refractivity contribution is -0.125. The van der Waals surface area contributed by atoms with Crippen molar-refractivity contribution in [1.29, 1.82) is 0 Å². The zero-order chi connectivity index (χ0) is 17.4. The van der Waals surface area contributed by atoms with Gasteiger partial charge in [0, 0.05) is 18.6 Å². The van der Waals surface area contributed by atoms with Gasteiger partial charge in [-0.1, -0.05) is 6.07 Å². The van der Waals surface area contributed by atoms with E-state index in [1.807, 2.05) is 29.0 Å². The van der Waals surface area contributed by atoms with E-state index in [1.54, 1.807) is 11.3 Å². The van der Waals surface area contributed by atoms with Gasteiger partial charge in [-0.3, -0.25) is 14.5 Å². The number of rotatable bonds is 4. The highest BCUT2D eigenvalue weighted by Gasteiger charge is 2.39. The SMILES string of the molecule is C[C@H](C(=O)N[C@@H]1CCC[C@@H]2OCC[C@@H]21)n1c(-c2cccs2)n[nH]c1=S. The highest BCUT2D eigenvalue weighted by molar-refractivity contribution is 7.71. The predicted molar refractivity (Wildman–Crippen MR) is 99.1 cm³/mol. The van der Waals surface area contributed by atoms with Gasteiger partial charge in [-0.25, -0.2) is 0 Å². The highest BCUT2D eigenvalue weighted by Crippen LogP contribution is 2.34. The lowest BCUT2D eigenvalue weighted by Gasteiger charge is -2.34. The van der Waals surface area contributed by atoms with E-state index in [0.29, 0.717) is 22.6 Å². The number of nitrogens with one attached hydrogen (secondary N) is 2. The van der Waals surface area contributed by atoms with Gasteiger partial charge in [-0.05, 0) is 56.3 Å². The fraction of sp³-hybridized carbons (Fsp3) is 0.588. The summed E-state index contributed by atoms with van der Waals surface area (Å²) in [5.74, 6) is 1.15. The summed E-state index contributed by atoms with van der Waals surface area (Å²) in [6, 6.07) is 3.74. The molecule has 134 valence electrons. The van der Waals surface area contributed by atoms with E-state index in [9.17, 15) is 4.79 Å². The molecule has 1 aliphatic heterocycles. The molecule has 3 heterocycles. The van der Waals surface area contributed by atoms with Crippen LogP contribution in [-0.4, -0.2) is 39.4 Å². The fourth-order valence-corrected chi connectivity index (χ4v) is 5.02. The van der Waals surface area contributed by atoms with Crippen LogP contribution in [0.5, 0.6) is 0 Å². The number of aromatic amines is 1. The third-order valence-electron chi connectivity index (χ3n) is 5.32. The number of H-pyrrole nitrogens is 1. The van der Waals surface area contributed by atoms with Gasteiger partial charge in [0.2, 0.25) is 5.91 Å². The van der Waals surface area contributed by atoms with Gasteiger partial charge in [0.15, 0.2) is 10.6 Å². The smallest absolute Gasteiger partial charge is 0.243 e. The molecule has 2 aliphatic rings. The molecular weight excluding hydrogens is 356 g/mol. The molecule has 2 aromatic heterocycles. The Bertz CT molecular complexity index is 798. The van der Waals surface area contributed by atoms with Gasteiger partial charge in [0.25, 0.3) is 0 Å². The first-order valence-electron chi connectivity index (χ1n) is 8.78. The first-order valence-corrected chi connectivity index (χ1v) is 10.1. The van der Waals surface area contributed by atoms with Gasteiger partial charge in [0.1, 0.15) is 6.04 Å². The minimum atomic E-state index is -0.411. The van der Waals surface area contributed by atoms with E-state index >= 15 is 0 Å². The van der Waals surface area contributed by atoms with Crippen molar-refractivity contribution < 1.29 is 9.53 Å². The largest absolute Gasteiger partial charge is 0.378 e. The molecule has 0 unspecified atom stereocenters. The molecule has 2 aromatic rings. The standard InChI is InChI=1S/C17H22N4O2S2/c1-10(21-15(19-20-17(21)24)14-6-3-9-25-14)16(22)18-12-4-2-5-13-11(12)7-8-23-13/h3,6,9-13H,2,4-5,7-8H2,1H3,(H,18,22)(H,20,24)/t10-,11-,12-,13+/m1/s1. The van der Waals surface area contributed by atoms with E-state index in [0.717, 1.165) is 37.2 Å². The Morgan fingerprint density at radius 2 is 2.40 bits per heavy atom. The van der Waals surface area contributed by atoms with Gasteiger partial charge >= 0.3 is 0 Å². The number of carbonyl (C=O) groups is 1. The number of hydrogen-bond donors (Lipinski definition) is 2. The number of carbonyl (C=O) groups excluding carboxylic acids is 1. The molecule has 1 saturated heterocycles. The summed E-state index contributed by atoms with van der Waals surface area (Å²) in [5.41, 5.74) is 0. The van der Waals surface area contributed by atoms with Crippen LogP contribution in [0.4, 0.5) is 0 Å². The Balaban J connectivity index is 1.53. The summed E-state index contributed by atoms with van der Waals surface area (Å²) >= 11 is 6.95. The van der Waals surface area contributed by atoms with Gasteiger partial charge < -0.3 is 10.1 Å². The molecule has 1 amide bonds. The van der Waals surface area contributed by atoms with E-state index < -0.39 is 6.04 Å². The van der Waals surface area contributed by atoms with Crippen molar-refractivity contribution in [3.63, 3.8) is 0 Å². The predicted octanol–water partition coefficient (Wildman–Crippen LogP) is 3.30. The topological polar surface area (TPSA) is 71.9 Å². The molecule has 1 saturated carbocycles. The normalized spacial score (nSPS) is 27.0. The van der Waals surface area contributed by atoms with Gasteiger partial charge in [-0.2, -0.15) is 5.10 Å². The summed E-state index contributed by atoms with van der Waals surface area (Å²) in [6.45, 7) is 2.69. The monoisotopic (exact) mass is 378 g/mol. The zero-order valence-corrected chi connectivity index (χ0v) is 15.7. The van der Waals surface area contributed by atoms with E-state index in [4.69, 9.17) is 17.0 Å². The number of aromatic nitrogens is 3. The van der Waals surface area contributed by atoms with Gasteiger partial charge in [-0.15, -0.1) is 11.3 Å². The van der Waals surface area contributed by atoms with Crippen molar-refractivity contribution in [3.8, 4) is 10.7 Å². The molecule has 4 atom stereocenters. The summed E-state index contributed by atoms with van der Waals surface area (Å²) in [6.07, 6.45) is 4.59. The van der Waals surface area contributed by atoms with Crippen LogP contribution in [0.25, 0.3) is 10.7 Å². The average Bonchev–Trinajstić information content (AvgIpc) is 3.34. The molecule has 4 rings (SSSR count). The molecule has 25 heavy (non-hydrogen) atoms. The summed E-state index contributed by atoms with van der Waals surface area (Å²) in [7, 11) is 0. The molecule has 0 bridgehead atoms. The van der Waals surface area contributed by atoms with Crippen LogP contribution >= 0.6 is 23.6 Å². The van der Waals surface area contributed by atoms with Crippen LogP contribution in [0.15, 0.2) is 17.5 Å². The number of thiophene rings is 1. The maximum absolute atomic E-state index is 12.9. The lowest BCUT2D eigenvalue weighted by Crippen LogP contribution is -2.47.